The molecule has 0 aliphatic carbocycles. The minimum Gasteiger partial charge on any atom is -0.494 e. The Bertz CT molecular complexity index is 433. The van der Waals surface area contributed by atoms with E-state index in [2.05, 4.69) is 4.74 Å². The molecular formula is C9H7F3O4. The number of carboxylic acid groups (broad SMARTS) is 1. The van der Waals surface area contributed by atoms with Crippen LogP contribution in [0.2, 0.25) is 0 Å². The summed E-state index contributed by atoms with van der Waals surface area (Å²) in [7, 11) is 0.993. The number of aliphatic hydroxyl groups excluding tert-OH is 1. The van der Waals surface area contributed by atoms with Crippen molar-refractivity contribution in [3.8, 4) is 5.75 Å². The molecule has 1 aromatic carbocycles. The molecule has 0 amide bonds. The van der Waals surface area contributed by atoms with Crippen molar-refractivity contribution in [1.82, 2.24) is 0 Å². The van der Waals surface area contributed by atoms with E-state index in [4.69, 9.17) is 10.2 Å². The summed E-state index contributed by atoms with van der Waals surface area (Å²) in [4.78, 5) is 10.4. The molecule has 2 N–H and O–H groups in total. The highest BCUT2D eigenvalue weighted by Crippen LogP contribution is 2.28. The summed E-state index contributed by atoms with van der Waals surface area (Å²) in [6, 6.07) is 0.590. The molecule has 0 saturated carbocycles. The highest BCUT2D eigenvalue weighted by atomic mass is 19.2. The number of carboxylic acids is 1. The van der Waals surface area contributed by atoms with Crippen LogP contribution in [0.15, 0.2) is 6.07 Å². The van der Waals surface area contributed by atoms with Gasteiger partial charge in [0.15, 0.2) is 23.5 Å². The molecule has 16 heavy (non-hydrogen) atoms. The lowest BCUT2D eigenvalue weighted by Gasteiger charge is -2.11. The van der Waals surface area contributed by atoms with E-state index in [9.17, 15) is 18.0 Å². The van der Waals surface area contributed by atoms with E-state index in [1.165, 1.54) is 0 Å². The fourth-order valence-electron chi connectivity index (χ4n) is 1.08. The molecular weight excluding hydrogens is 229 g/mol. The molecule has 7 heteroatoms. The van der Waals surface area contributed by atoms with E-state index in [-0.39, 0.29) is 0 Å². The summed E-state index contributed by atoms with van der Waals surface area (Å²) in [6.45, 7) is 0. The third kappa shape index (κ3) is 1.94. The number of hydrogen-bond acceptors (Lipinski definition) is 3. The summed E-state index contributed by atoms with van der Waals surface area (Å²) in [5, 5.41) is 17.4. The van der Waals surface area contributed by atoms with Crippen LogP contribution in [0, 0.1) is 17.5 Å². The van der Waals surface area contributed by atoms with Crippen LogP contribution in [0.25, 0.3) is 0 Å². The molecule has 0 spiro atoms. The molecule has 0 saturated heterocycles. The average molecular weight is 236 g/mol. The molecule has 0 fully saturated rings. The first-order valence-electron chi connectivity index (χ1n) is 4.02. The van der Waals surface area contributed by atoms with Crippen LogP contribution in [0.5, 0.6) is 5.75 Å². The maximum absolute atomic E-state index is 13.1. The Labute approximate surface area is 87.9 Å². The molecule has 0 aromatic heterocycles. The Hall–Kier alpha value is -1.76. The quantitative estimate of drug-likeness (QED) is 0.774. The monoisotopic (exact) mass is 236 g/mol. The topological polar surface area (TPSA) is 66.8 Å². The van der Waals surface area contributed by atoms with E-state index < -0.39 is 40.8 Å². The Balaban J connectivity index is 3.41. The maximum atomic E-state index is 13.1. The third-order valence-corrected chi connectivity index (χ3v) is 1.89. The Morgan fingerprint density at radius 2 is 1.88 bits per heavy atom. The standard InChI is InChI=1S/C9H7F3O4/c1-16-4-2-3(8(13)9(14)15)5(10)7(12)6(4)11/h2,8,13H,1H3,(H,14,15). The number of halogens is 3. The van der Waals surface area contributed by atoms with Crippen LogP contribution in [-0.2, 0) is 4.79 Å². The normalized spacial score (nSPS) is 12.3. The number of ether oxygens (including phenoxy) is 1. The largest absolute Gasteiger partial charge is 0.494 e. The molecule has 1 aromatic rings. The highest BCUT2D eigenvalue weighted by Gasteiger charge is 2.27. The van der Waals surface area contributed by atoms with Gasteiger partial charge < -0.3 is 14.9 Å². The van der Waals surface area contributed by atoms with Crippen LogP contribution >= 0.6 is 0 Å². The van der Waals surface area contributed by atoms with Gasteiger partial charge in [0.25, 0.3) is 0 Å². The SMILES string of the molecule is COc1cc(C(O)C(=O)O)c(F)c(F)c1F. The van der Waals surface area contributed by atoms with Crippen molar-refractivity contribution in [2.75, 3.05) is 7.11 Å². The van der Waals surface area contributed by atoms with Gasteiger partial charge in [-0.1, -0.05) is 0 Å². The van der Waals surface area contributed by atoms with Crippen LogP contribution < -0.4 is 4.74 Å². The van der Waals surface area contributed by atoms with Gasteiger partial charge in [-0.05, 0) is 6.07 Å². The fourth-order valence-corrected chi connectivity index (χ4v) is 1.08. The van der Waals surface area contributed by atoms with Gasteiger partial charge in [0.2, 0.25) is 5.82 Å². The van der Waals surface area contributed by atoms with Gasteiger partial charge >= 0.3 is 5.97 Å². The second kappa shape index (κ2) is 4.40. The van der Waals surface area contributed by atoms with Crippen molar-refractivity contribution in [2.45, 2.75) is 6.10 Å². The molecule has 1 unspecified atom stereocenters. The van der Waals surface area contributed by atoms with Gasteiger partial charge in [0, 0.05) is 5.56 Å². The molecule has 0 radical (unpaired) electrons. The lowest BCUT2D eigenvalue weighted by Crippen LogP contribution is -2.14. The molecule has 0 aliphatic heterocycles. The molecule has 4 nitrogen and oxygen atoms in total. The Kier molecular flexibility index (Phi) is 3.38. The minimum absolute atomic E-state index is 0.590. The molecule has 1 atom stereocenters. The number of benzene rings is 1. The average Bonchev–Trinajstić information content (AvgIpc) is 2.25. The second-order valence-corrected chi connectivity index (χ2v) is 2.85. The number of hydrogen-bond donors (Lipinski definition) is 2. The summed E-state index contributed by atoms with van der Waals surface area (Å²) in [5.41, 5.74) is -0.900. The van der Waals surface area contributed by atoms with Crippen LogP contribution in [0.4, 0.5) is 13.2 Å². The molecule has 0 bridgehead atoms. The molecule has 0 heterocycles. The Morgan fingerprint density at radius 3 is 2.31 bits per heavy atom. The number of aliphatic carboxylic acids is 1. The predicted octanol–water partition coefficient (Wildman–Crippen LogP) is 1.23. The van der Waals surface area contributed by atoms with E-state index >= 15 is 0 Å². The summed E-state index contributed by atoms with van der Waals surface area (Å²) in [5.74, 6) is -7.70. The van der Waals surface area contributed by atoms with Crippen molar-refractivity contribution in [1.29, 1.82) is 0 Å². The zero-order valence-corrected chi connectivity index (χ0v) is 8.00. The number of carbonyl (C=O) groups is 1. The predicted molar refractivity (Wildman–Crippen MR) is 45.5 cm³/mol. The molecule has 0 aliphatic rings. The van der Waals surface area contributed by atoms with Crippen molar-refractivity contribution >= 4 is 5.97 Å². The second-order valence-electron chi connectivity index (χ2n) is 2.85. The van der Waals surface area contributed by atoms with Crippen molar-refractivity contribution in [2.24, 2.45) is 0 Å². The lowest BCUT2D eigenvalue weighted by atomic mass is 10.1. The Morgan fingerprint density at radius 1 is 1.31 bits per heavy atom. The van der Waals surface area contributed by atoms with E-state index in [1.54, 1.807) is 0 Å². The van der Waals surface area contributed by atoms with Crippen molar-refractivity contribution in [3.63, 3.8) is 0 Å². The first kappa shape index (κ1) is 12.3. The summed E-state index contributed by atoms with van der Waals surface area (Å²) < 4.78 is 43.3. The third-order valence-electron chi connectivity index (χ3n) is 1.89. The van der Waals surface area contributed by atoms with Gasteiger partial charge in [-0.3, -0.25) is 0 Å². The van der Waals surface area contributed by atoms with E-state index in [0.29, 0.717) is 6.07 Å². The summed E-state index contributed by atoms with van der Waals surface area (Å²) >= 11 is 0. The van der Waals surface area contributed by atoms with Crippen LogP contribution in [0.3, 0.4) is 0 Å². The number of aliphatic hydroxyl groups is 1. The number of rotatable bonds is 3. The van der Waals surface area contributed by atoms with Gasteiger partial charge in [-0.25, -0.2) is 13.6 Å². The lowest BCUT2D eigenvalue weighted by molar-refractivity contribution is -0.147. The molecule has 88 valence electrons. The summed E-state index contributed by atoms with van der Waals surface area (Å²) in [6.07, 6.45) is -2.29. The first-order chi connectivity index (χ1) is 7.40. The molecule has 1 rings (SSSR count). The maximum Gasteiger partial charge on any atom is 0.337 e. The van der Waals surface area contributed by atoms with Crippen molar-refractivity contribution < 1.29 is 32.9 Å². The van der Waals surface area contributed by atoms with Crippen LogP contribution in [-0.4, -0.2) is 23.3 Å². The zero-order valence-electron chi connectivity index (χ0n) is 8.00. The van der Waals surface area contributed by atoms with Crippen molar-refractivity contribution in [3.05, 3.63) is 29.1 Å². The van der Waals surface area contributed by atoms with E-state index in [1.807, 2.05) is 0 Å². The van der Waals surface area contributed by atoms with Gasteiger partial charge in [0.1, 0.15) is 0 Å². The minimum atomic E-state index is -2.29. The first-order valence-corrected chi connectivity index (χ1v) is 4.02. The van der Waals surface area contributed by atoms with Crippen LogP contribution in [0.1, 0.15) is 11.7 Å². The van der Waals surface area contributed by atoms with Gasteiger partial charge in [-0.15, -0.1) is 0 Å². The smallest absolute Gasteiger partial charge is 0.337 e. The van der Waals surface area contributed by atoms with Gasteiger partial charge in [-0.2, -0.15) is 4.39 Å². The zero-order chi connectivity index (χ0) is 12.5. The van der Waals surface area contributed by atoms with Gasteiger partial charge in [0.05, 0.1) is 7.11 Å². The number of methoxy groups -OCH3 is 1. The fraction of sp³-hybridized carbons (Fsp3) is 0.222. The van der Waals surface area contributed by atoms with E-state index in [0.717, 1.165) is 7.11 Å². The highest BCUT2D eigenvalue weighted by molar-refractivity contribution is 5.74.